The van der Waals surface area contributed by atoms with Gasteiger partial charge in [-0.2, -0.15) is 12.1 Å². The molecule has 0 amide bonds. The zero-order chi connectivity index (χ0) is 38.4. The van der Waals surface area contributed by atoms with Gasteiger partial charge >= 0.3 is 37.9 Å². The van der Waals surface area contributed by atoms with Gasteiger partial charge in [0.25, 0.3) is 0 Å². The Balaban J connectivity index is 0.000000206. The molecule has 6 aromatic rings. The second kappa shape index (κ2) is 21.8. The Kier molecular flexibility index (Phi) is 17.9. The van der Waals surface area contributed by atoms with Gasteiger partial charge < -0.3 is 0 Å². The van der Waals surface area contributed by atoms with Gasteiger partial charge in [0.1, 0.15) is 0 Å². The van der Waals surface area contributed by atoms with Crippen LogP contribution >= 0.6 is 17.0 Å². The van der Waals surface area contributed by atoms with E-state index in [1.54, 1.807) is 0 Å². The molecule has 1 fully saturated rings. The number of hydrogen-bond acceptors (Lipinski definition) is 0. The Morgan fingerprint density at radius 3 is 1.75 bits per heavy atom. The summed E-state index contributed by atoms with van der Waals surface area (Å²) in [6, 6.07) is 41.3. The topological polar surface area (TPSA) is 0 Å². The zero-order valence-corrected chi connectivity index (χ0v) is 38.4. The third-order valence-electron chi connectivity index (χ3n) is 10.6. The Morgan fingerprint density at radius 2 is 1.25 bits per heavy atom. The first-order valence-corrected chi connectivity index (χ1v) is 28.0. The average Bonchev–Trinajstić information content (AvgIpc) is 3.81. The van der Waals surface area contributed by atoms with Crippen LogP contribution in [0, 0.1) is 0 Å². The van der Waals surface area contributed by atoms with Crippen LogP contribution in [-0.4, -0.2) is 9.52 Å². The van der Waals surface area contributed by atoms with Gasteiger partial charge in [-0.25, -0.2) is 0 Å². The summed E-state index contributed by atoms with van der Waals surface area (Å²) in [4.78, 5) is 0. The molecule has 0 spiro atoms. The van der Waals surface area contributed by atoms with E-state index in [0.717, 1.165) is 21.9 Å². The number of fused-ring (bicyclic) bond motifs is 2. The molecule has 1 unspecified atom stereocenters. The van der Waals surface area contributed by atoms with E-state index in [9.17, 15) is 0 Å². The maximum atomic E-state index is 4.93. The fourth-order valence-corrected chi connectivity index (χ4v) is 7.67. The maximum absolute atomic E-state index is 4.93. The Labute approximate surface area is 343 Å². The summed E-state index contributed by atoms with van der Waals surface area (Å²) in [5.74, 6) is 1.43. The first-order chi connectivity index (χ1) is 25.6. The second-order valence-electron chi connectivity index (χ2n) is 15.7. The van der Waals surface area contributed by atoms with Gasteiger partial charge in [-0.1, -0.05) is 152 Å². The molecule has 7 rings (SSSR count). The van der Waals surface area contributed by atoms with Crippen LogP contribution in [0.5, 0.6) is 0 Å². The first-order valence-electron chi connectivity index (χ1n) is 19.7. The van der Waals surface area contributed by atoms with Crippen LogP contribution in [-0.2, 0) is 32.7 Å². The van der Waals surface area contributed by atoms with Crippen molar-refractivity contribution in [1.82, 2.24) is 0 Å². The van der Waals surface area contributed by atoms with Crippen molar-refractivity contribution in [2.24, 2.45) is 0 Å². The molecule has 6 aromatic carbocycles. The molecule has 1 aliphatic carbocycles. The van der Waals surface area contributed by atoms with E-state index in [1.165, 1.54) is 111 Å². The zero-order valence-electron chi connectivity index (χ0n) is 33.5. The minimum absolute atomic E-state index is 0.202. The van der Waals surface area contributed by atoms with Crippen LogP contribution in [0.4, 0.5) is 0 Å². The summed E-state index contributed by atoms with van der Waals surface area (Å²) < 4.78 is 0. The van der Waals surface area contributed by atoms with E-state index in [2.05, 4.69) is 164 Å². The molecule has 278 valence electrons. The van der Waals surface area contributed by atoms with Crippen molar-refractivity contribution in [3.63, 3.8) is 0 Å². The predicted molar refractivity (Wildman–Crippen MR) is 236 cm³/mol. The molecular formula is C49H60Cl2SiZr. The molecular weight excluding hydrogens is 779 g/mol. The van der Waals surface area contributed by atoms with Crippen LogP contribution in [0.2, 0.25) is 13.1 Å². The number of hydrogen-bond donors (Lipinski definition) is 0. The third kappa shape index (κ3) is 12.1. The molecule has 1 atom stereocenters. The molecule has 4 heteroatoms. The standard InChI is InChI=1S/C24H29.C23H25.C2H6Si.2ClH.Zr/c1-6-8-17(2)20-15-19-9-7-10-22(23(19)16-20)18-11-13-21(14-12-18)24(3,4)5;1-2-17-15-21-9-6-10-22(23(21)16-17)20-13-11-19(12-14-20)18-7-4-3-5-8-18;1-3-2;;;/h7,9-17H,6,8H2,1-5H3;6,9-16,18H,2-5,7-8H2,1H3;1-2H3;2*1H;/q2*-1;;;;+4/p-2. The fourth-order valence-electron chi connectivity index (χ4n) is 7.67. The molecule has 1 saturated carbocycles. The summed E-state index contributed by atoms with van der Waals surface area (Å²) in [6.07, 6.45) is 10.6. The third-order valence-corrected chi connectivity index (χ3v) is 10.6. The number of halogens is 2. The first kappa shape index (κ1) is 43.5. The molecule has 1 aliphatic rings. The van der Waals surface area contributed by atoms with Crippen LogP contribution in [0.1, 0.15) is 121 Å². The van der Waals surface area contributed by atoms with Gasteiger partial charge in [0.2, 0.25) is 0 Å². The van der Waals surface area contributed by atoms with E-state index < -0.39 is 20.8 Å². The van der Waals surface area contributed by atoms with Gasteiger partial charge in [-0.3, -0.25) is 0 Å². The molecule has 2 radical (unpaired) electrons. The van der Waals surface area contributed by atoms with Crippen molar-refractivity contribution in [1.29, 1.82) is 0 Å². The number of benzene rings is 4. The number of aryl methyl sites for hydroxylation is 1. The van der Waals surface area contributed by atoms with Crippen molar-refractivity contribution in [3.8, 4) is 22.3 Å². The molecule has 0 heterocycles. The van der Waals surface area contributed by atoms with Gasteiger partial charge in [0, 0.05) is 9.52 Å². The van der Waals surface area contributed by atoms with Crippen LogP contribution in [0.15, 0.2) is 109 Å². The van der Waals surface area contributed by atoms with Crippen LogP contribution in [0.3, 0.4) is 0 Å². The predicted octanol–water partition coefficient (Wildman–Crippen LogP) is 16.4. The van der Waals surface area contributed by atoms with Crippen molar-refractivity contribution >= 4 is 48.1 Å². The Hall–Kier alpha value is -2.22. The van der Waals surface area contributed by atoms with E-state index >= 15 is 0 Å². The van der Waals surface area contributed by atoms with E-state index in [-0.39, 0.29) is 5.41 Å². The molecule has 0 aromatic heterocycles. The molecule has 0 bridgehead atoms. The summed E-state index contributed by atoms with van der Waals surface area (Å²) in [5.41, 5.74) is 11.4. The van der Waals surface area contributed by atoms with Crippen LogP contribution < -0.4 is 0 Å². The molecule has 53 heavy (non-hydrogen) atoms. The van der Waals surface area contributed by atoms with Crippen molar-refractivity contribution in [2.75, 3.05) is 0 Å². The summed E-state index contributed by atoms with van der Waals surface area (Å²) >= 11 is -0.826. The molecule has 0 saturated heterocycles. The Morgan fingerprint density at radius 1 is 0.736 bits per heavy atom. The molecule has 0 aliphatic heterocycles. The Bertz CT molecular complexity index is 1930. The van der Waals surface area contributed by atoms with Gasteiger partial charge in [-0.15, -0.1) is 69.1 Å². The van der Waals surface area contributed by atoms with Crippen molar-refractivity contribution in [3.05, 3.63) is 131 Å². The second-order valence-corrected chi connectivity index (χ2v) is 20.4. The molecule has 0 N–H and O–H groups in total. The summed E-state index contributed by atoms with van der Waals surface area (Å²) in [7, 11) is 11.0. The minimum atomic E-state index is -0.826. The average molecular weight is 839 g/mol. The molecule has 0 nitrogen and oxygen atoms in total. The normalized spacial score (nSPS) is 13.5. The van der Waals surface area contributed by atoms with Gasteiger partial charge in [-0.05, 0) is 65.2 Å². The van der Waals surface area contributed by atoms with Crippen molar-refractivity contribution in [2.45, 2.75) is 123 Å². The van der Waals surface area contributed by atoms with E-state index in [1.807, 2.05) is 0 Å². The van der Waals surface area contributed by atoms with Gasteiger partial charge in [0.15, 0.2) is 0 Å². The number of rotatable bonds is 7. The summed E-state index contributed by atoms with van der Waals surface area (Å²) in [5, 5.41) is 5.52. The fraction of sp³-hybridized carbons (Fsp3) is 0.388. The quantitative estimate of drug-likeness (QED) is 0.111. The van der Waals surface area contributed by atoms with Crippen molar-refractivity contribution < 1.29 is 20.8 Å². The van der Waals surface area contributed by atoms with Crippen LogP contribution in [0.25, 0.3) is 43.8 Å². The van der Waals surface area contributed by atoms with E-state index in [0.29, 0.717) is 5.92 Å². The van der Waals surface area contributed by atoms with E-state index in [4.69, 9.17) is 17.0 Å². The summed E-state index contributed by atoms with van der Waals surface area (Å²) in [6.45, 7) is 17.9. The SMILES string of the molecule is CCCC(C)c1cc2c(-c3ccc(C(C)(C)C)cc3)cccc2[cH-]1.CCc1cc2c(-c3ccc(C4CCCCC4)cc3)cccc2[cH-]1.C[Si]C.[Cl][Zr+2][Cl]. The van der Waals surface area contributed by atoms with Gasteiger partial charge in [0.05, 0.1) is 0 Å². The monoisotopic (exact) mass is 836 g/mol.